The molecular formula is C35H40F2N2O8. The van der Waals surface area contributed by atoms with Crippen LogP contribution in [0, 0.1) is 17.6 Å². The number of carbonyl (C=O) groups is 2. The van der Waals surface area contributed by atoms with Crippen LogP contribution in [0.3, 0.4) is 0 Å². The highest BCUT2D eigenvalue weighted by Gasteiger charge is 2.48. The zero-order valence-electron chi connectivity index (χ0n) is 25.9. The molecule has 0 saturated carbocycles. The van der Waals surface area contributed by atoms with E-state index in [1.807, 2.05) is 24.3 Å². The van der Waals surface area contributed by atoms with E-state index >= 15 is 0 Å². The van der Waals surface area contributed by atoms with Gasteiger partial charge in [0.2, 0.25) is 11.8 Å². The van der Waals surface area contributed by atoms with E-state index < -0.39 is 60.5 Å². The molecule has 47 heavy (non-hydrogen) atoms. The van der Waals surface area contributed by atoms with Crippen LogP contribution < -0.4 is 10.2 Å². The summed E-state index contributed by atoms with van der Waals surface area (Å²) in [5.41, 5.74) is 0.797. The van der Waals surface area contributed by atoms with E-state index in [-0.39, 0.29) is 18.6 Å². The first kappa shape index (κ1) is 34.6. The number of nitrogens with one attached hydrogen (secondary N) is 1. The number of carbonyl (C=O) groups excluding carboxylic acids is 2. The molecule has 2 heterocycles. The molecule has 2 saturated heterocycles. The van der Waals surface area contributed by atoms with Gasteiger partial charge < -0.3 is 40.1 Å². The number of aliphatic hydroxyl groups excluding tert-OH is 4. The number of ether oxygens (including phenoxy) is 2. The number of amides is 2. The Labute approximate surface area is 271 Å². The molecule has 5 N–H and O–H groups in total. The third-order valence-corrected chi connectivity index (χ3v) is 9.07. The molecule has 12 heteroatoms. The topological polar surface area (TPSA) is 149 Å². The van der Waals surface area contributed by atoms with E-state index in [0.717, 1.165) is 11.1 Å². The van der Waals surface area contributed by atoms with Crippen LogP contribution in [0.2, 0.25) is 0 Å². The maximum absolute atomic E-state index is 13.7. The SMILES string of the molecule is O=C(COC1(CCc2ccc(C3[C@@H](CCC(O)c4ccc(F)cc4)C(=O)N3c3ccc(F)cc3)cc2)COC1)NC(CO)(CO)CO. The van der Waals surface area contributed by atoms with Crippen molar-refractivity contribution < 1.29 is 48.3 Å². The van der Waals surface area contributed by atoms with E-state index in [0.29, 0.717) is 50.1 Å². The first-order valence-corrected chi connectivity index (χ1v) is 15.6. The van der Waals surface area contributed by atoms with Gasteiger partial charge in [-0.2, -0.15) is 0 Å². The molecular weight excluding hydrogens is 614 g/mol. The molecule has 3 aromatic carbocycles. The van der Waals surface area contributed by atoms with Gasteiger partial charge in [-0.25, -0.2) is 8.78 Å². The number of hydrogen-bond donors (Lipinski definition) is 5. The Bertz CT molecular complexity index is 1490. The molecule has 2 unspecified atom stereocenters. The fourth-order valence-corrected chi connectivity index (χ4v) is 5.99. The number of hydrogen-bond acceptors (Lipinski definition) is 8. The highest BCUT2D eigenvalue weighted by Crippen LogP contribution is 2.46. The Morgan fingerprint density at radius 2 is 1.55 bits per heavy atom. The van der Waals surface area contributed by atoms with Crippen molar-refractivity contribution in [3.63, 3.8) is 0 Å². The molecule has 0 spiro atoms. The number of aliphatic hydroxyl groups is 4. The third kappa shape index (κ3) is 7.86. The van der Waals surface area contributed by atoms with Crippen LogP contribution in [0.1, 0.15) is 48.1 Å². The van der Waals surface area contributed by atoms with Crippen molar-refractivity contribution >= 4 is 17.5 Å². The Morgan fingerprint density at radius 1 is 0.957 bits per heavy atom. The van der Waals surface area contributed by atoms with Crippen LogP contribution in [0.15, 0.2) is 72.8 Å². The minimum Gasteiger partial charge on any atom is -0.394 e. The summed E-state index contributed by atoms with van der Waals surface area (Å²) in [6.45, 7) is -1.64. The number of β-lactam (4-membered cyclic amide) rings is 1. The summed E-state index contributed by atoms with van der Waals surface area (Å²) < 4.78 is 38.3. The first-order chi connectivity index (χ1) is 22.6. The van der Waals surface area contributed by atoms with Crippen LogP contribution in [0.5, 0.6) is 0 Å². The average molecular weight is 655 g/mol. The Balaban J connectivity index is 1.23. The predicted molar refractivity (Wildman–Crippen MR) is 167 cm³/mol. The van der Waals surface area contributed by atoms with Gasteiger partial charge in [0.1, 0.15) is 29.4 Å². The largest absolute Gasteiger partial charge is 0.394 e. The number of anilines is 1. The van der Waals surface area contributed by atoms with Crippen LogP contribution >= 0.6 is 0 Å². The summed E-state index contributed by atoms with van der Waals surface area (Å²) in [4.78, 5) is 27.4. The quantitative estimate of drug-likeness (QED) is 0.148. The molecule has 0 aliphatic carbocycles. The van der Waals surface area contributed by atoms with Crippen molar-refractivity contribution in [1.82, 2.24) is 5.32 Å². The third-order valence-electron chi connectivity index (χ3n) is 9.07. The van der Waals surface area contributed by atoms with Gasteiger partial charge in [0, 0.05) is 5.69 Å². The van der Waals surface area contributed by atoms with Crippen LogP contribution in [-0.4, -0.2) is 83.0 Å². The molecule has 10 nitrogen and oxygen atoms in total. The van der Waals surface area contributed by atoms with Crippen molar-refractivity contribution in [2.75, 3.05) is 44.5 Å². The van der Waals surface area contributed by atoms with E-state index in [2.05, 4.69) is 5.32 Å². The van der Waals surface area contributed by atoms with Gasteiger partial charge in [-0.3, -0.25) is 9.59 Å². The summed E-state index contributed by atoms with van der Waals surface area (Å²) in [6.07, 6.45) is 1.00. The Hall–Kier alpha value is -3.78. The van der Waals surface area contributed by atoms with E-state index in [1.165, 1.54) is 36.4 Å². The van der Waals surface area contributed by atoms with E-state index in [1.54, 1.807) is 17.0 Å². The fourth-order valence-electron chi connectivity index (χ4n) is 5.99. The summed E-state index contributed by atoms with van der Waals surface area (Å²) in [6, 6.07) is 18.9. The van der Waals surface area contributed by atoms with E-state index in [4.69, 9.17) is 9.47 Å². The Kier molecular flexibility index (Phi) is 11.0. The average Bonchev–Trinajstić information content (AvgIpc) is 3.07. The minimum atomic E-state index is -1.54. The highest BCUT2D eigenvalue weighted by molar-refractivity contribution is 6.03. The van der Waals surface area contributed by atoms with Crippen molar-refractivity contribution in [3.05, 3.63) is 101 Å². The summed E-state index contributed by atoms with van der Waals surface area (Å²) in [5, 5.41) is 41.5. The van der Waals surface area contributed by atoms with Crippen LogP contribution in [0.4, 0.5) is 14.5 Å². The maximum Gasteiger partial charge on any atom is 0.246 e. The number of halogens is 2. The second-order valence-corrected chi connectivity index (χ2v) is 12.4. The predicted octanol–water partition coefficient (Wildman–Crippen LogP) is 2.73. The van der Waals surface area contributed by atoms with Crippen molar-refractivity contribution in [3.8, 4) is 0 Å². The van der Waals surface area contributed by atoms with Crippen molar-refractivity contribution in [2.24, 2.45) is 5.92 Å². The molecule has 0 bridgehead atoms. The number of rotatable bonds is 16. The lowest BCUT2D eigenvalue weighted by Gasteiger charge is -2.48. The minimum absolute atomic E-state index is 0.126. The van der Waals surface area contributed by atoms with Gasteiger partial charge in [0.05, 0.1) is 51.1 Å². The van der Waals surface area contributed by atoms with Gasteiger partial charge >= 0.3 is 0 Å². The van der Waals surface area contributed by atoms with Gasteiger partial charge in [-0.05, 0) is 78.8 Å². The number of aryl methyl sites for hydroxylation is 1. The lowest BCUT2D eigenvalue weighted by molar-refractivity contribution is -0.212. The standard InChI is InChI=1S/C35H40F2N2O8/c36-26-7-5-24(6-8-26)30(43)14-13-29-32(39(33(29)45)28-11-9-27(37)10-12-28)25-3-1-23(2-4-25)15-16-35(21-46-22-35)47-17-31(44)38-34(18-40,19-41)20-42/h1-12,29-30,32,40-43H,13-22H2,(H,38,44)/t29-,30?,32?/m1/s1. The van der Waals surface area contributed by atoms with Crippen LogP contribution in [0.25, 0.3) is 0 Å². The molecule has 2 aliphatic rings. The van der Waals surface area contributed by atoms with E-state index in [9.17, 15) is 38.8 Å². The first-order valence-electron chi connectivity index (χ1n) is 15.6. The maximum atomic E-state index is 13.7. The number of nitrogens with zero attached hydrogens (tertiary/aromatic N) is 1. The summed E-state index contributed by atoms with van der Waals surface area (Å²) in [5.74, 6) is -1.93. The second kappa shape index (κ2) is 15.0. The number of benzene rings is 3. The Morgan fingerprint density at radius 3 is 2.11 bits per heavy atom. The molecule has 252 valence electrons. The van der Waals surface area contributed by atoms with Gasteiger partial charge in [-0.15, -0.1) is 0 Å². The molecule has 2 aliphatic heterocycles. The van der Waals surface area contributed by atoms with Gasteiger partial charge in [0.25, 0.3) is 0 Å². The molecule has 5 rings (SSSR count). The van der Waals surface area contributed by atoms with Gasteiger partial charge in [0.15, 0.2) is 0 Å². The summed E-state index contributed by atoms with van der Waals surface area (Å²) in [7, 11) is 0. The molecule has 0 aromatic heterocycles. The molecule has 2 fully saturated rings. The molecule has 3 aromatic rings. The second-order valence-electron chi connectivity index (χ2n) is 12.4. The van der Waals surface area contributed by atoms with Crippen molar-refractivity contribution in [2.45, 2.75) is 49.0 Å². The zero-order chi connectivity index (χ0) is 33.6. The lowest BCUT2D eigenvalue weighted by Crippen LogP contribution is -2.59. The molecule has 3 atom stereocenters. The van der Waals surface area contributed by atoms with Crippen LogP contribution in [-0.2, 0) is 25.5 Å². The molecule has 2 amide bonds. The molecule has 0 radical (unpaired) electrons. The lowest BCUT2D eigenvalue weighted by atomic mass is 9.78. The summed E-state index contributed by atoms with van der Waals surface area (Å²) >= 11 is 0. The normalized spacial score (nSPS) is 19.5. The highest BCUT2D eigenvalue weighted by atomic mass is 19.1. The van der Waals surface area contributed by atoms with Gasteiger partial charge in [-0.1, -0.05) is 36.4 Å². The monoisotopic (exact) mass is 654 g/mol. The van der Waals surface area contributed by atoms with Crippen molar-refractivity contribution in [1.29, 1.82) is 0 Å². The smallest absolute Gasteiger partial charge is 0.246 e. The zero-order valence-corrected chi connectivity index (χ0v) is 25.9. The fraction of sp³-hybridized carbons (Fsp3) is 0.429.